The first-order chi connectivity index (χ1) is 11.1. The maximum atomic E-state index is 11.7. The van der Waals surface area contributed by atoms with Crippen molar-refractivity contribution in [3.05, 3.63) is 28.8 Å². The molecule has 7 heteroatoms. The molecule has 0 bridgehead atoms. The van der Waals surface area contributed by atoms with Gasteiger partial charge in [-0.3, -0.25) is 4.79 Å². The fourth-order valence-corrected chi connectivity index (χ4v) is 4.12. The van der Waals surface area contributed by atoms with E-state index in [4.69, 9.17) is 4.74 Å². The summed E-state index contributed by atoms with van der Waals surface area (Å²) in [5.41, 5.74) is 1.95. The standard InChI is InChI=1S/C17H25NO5S/c1-10(2)18-15-7-5-12-13(17(15)23-11(3)19)6-8-16(20)14(12)9-24(4,21)22/h6,8,10,15,17-18,20H,5,7,9H2,1-4H3. The van der Waals surface area contributed by atoms with Crippen molar-refractivity contribution < 1.29 is 23.1 Å². The molecule has 2 atom stereocenters. The van der Waals surface area contributed by atoms with Gasteiger partial charge in [0.05, 0.1) is 5.75 Å². The van der Waals surface area contributed by atoms with Crippen molar-refractivity contribution in [3.63, 3.8) is 0 Å². The summed E-state index contributed by atoms with van der Waals surface area (Å²) in [6.45, 7) is 5.40. The molecule has 2 N–H and O–H groups in total. The van der Waals surface area contributed by atoms with E-state index in [1.54, 1.807) is 6.07 Å². The van der Waals surface area contributed by atoms with Crippen molar-refractivity contribution >= 4 is 15.8 Å². The van der Waals surface area contributed by atoms with E-state index in [0.29, 0.717) is 18.4 Å². The van der Waals surface area contributed by atoms with Crippen LogP contribution in [0.3, 0.4) is 0 Å². The summed E-state index contributed by atoms with van der Waals surface area (Å²) in [7, 11) is -3.29. The first-order valence-corrected chi connectivity index (χ1v) is 10.1. The molecule has 0 saturated carbocycles. The zero-order valence-corrected chi connectivity index (χ0v) is 15.3. The summed E-state index contributed by atoms with van der Waals surface area (Å²) in [4.78, 5) is 11.5. The summed E-state index contributed by atoms with van der Waals surface area (Å²) >= 11 is 0. The van der Waals surface area contributed by atoms with Crippen LogP contribution in [0, 0.1) is 0 Å². The predicted molar refractivity (Wildman–Crippen MR) is 91.5 cm³/mol. The minimum Gasteiger partial charge on any atom is -0.508 e. The predicted octanol–water partition coefficient (Wildman–Crippen LogP) is 1.85. The number of phenolic OH excluding ortho intramolecular Hbond substituents is 1. The Hall–Kier alpha value is -1.60. The molecule has 0 aliphatic heterocycles. The van der Waals surface area contributed by atoms with Crippen LogP contribution in [0.15, 0.2) is 12.1 Å². The third kappa shape index (κ3) is 4.48. The van der Waals surface area contributed by atoms with Crippen LogP contribution in [0.1, 0.15) is 50.0 Å². The minimum absolute atomic E-state index is 0.0315. The number of benzene rings is 1. The molecule has 1 aromatic rings. The van der Waals surface area contributed by atoms with E-state index in [2.05, 4.69) is 5.32 Å². The van der Waals surface area contributed by atoms with Gasteiger partial charge in [-0.15, -0.1) is 0 Å². The number of rotatable bonds is 5. The summed E-state index contributed by atoms with van der Waals surface area (Å²) in [6, 6.07) is 3.38. The van der Waals surface area contributed by atoms with Crippen LogP contribution in [0.2, 0.25) is 0 Å². The van der Waals surface area contributed by atoms with E-state index in [1.165, 1.54) is 13.0 Å². The molecule has 2 rings (SSSR count). The highest BCUT2D eigenvalue weighted by atomic mass is 32.2. The molecular weight excluding hydrogens is 330 g/mol. The highest BCUT2D eigenvalue weighted by molar-refractivity contribution is 7.89. The summed E-state index contributed by atoms with van der Waals surface area (Å²) in [5.74, 6) is -0.644. The molecular formula is C17H25NO5S. The van der Waals surface area contributed by atoms with E-state index in [1.807, 2.05) is 13.8 Å². The number of carbonyl (C=O) groups is 1. The fraction of sp³-hybridized carbons (Fsp3) is 0.588. The lowest BCUT2D eigenvalue weighted by Gasteiger charge is -2.35. The lowest BCUT2D eigenvalue weighted by Crippen LogP contribution is -2.43. The number of hydrogen-bond acceptors (Lipinski definition) is 6. The van der Waals surface area contributed by atoms with Gasteiger partial charge in [0, 0.05) is 30.8 Å². The number of fused-ring (bicyclic) bond motifs is 1. The van der Waals surface area contributed by atoms with E-state index in [-0.39, 0.29) is 29.6 Å². The maximum Gasteiger partial charge on any atom is 0.303 e. The van der Waals surface area contributed by atoms with Gasteiger partial charge in [-0.05, 0) is 30.0 Å². The zero-order valence-electron chi connectivity index (χ0n) is 14.5. The Morgan fingerprint density at radius 1 is 1.42 bits per heavy atom. The Bertz CT molecular complexity index is 727. The van der Waals surface area contributed by atoms with Crippen LogP contribution in [0.4, 0.5) is 0 Å². The van der Waals surface area contributed by atoms with E-state index in [0.717, 1.165) is 17.4 Å². The van der Waals surface area contributed by atoms with Gasteiger partial charge >= 0.3 is 5.97 Å². The lowest BCUT2D eigenvalue weighted by molar-refractivity contribution is -0.149. The largest absolute Gasteiger partial charge is 0.508 e. The Morgan fingerprint density at radius 2 is 2.08 bits per heavy atom. The molecule has 1 aliphatic carbocycles. The molecule has 0 radical (unpaired) electrons. The molecule has 0 saturated heterocycles. The quantitative estimate of drug-likeness (QED) is 0.783. The fourth-order valence-electron chi connectivity index (χ4n) is 3.28. The van der Waals surface area contributed by atoms with Gasteiger partial charge in [-0.25, -0.2) is 8.42 Å². The SMILES string of the molecule is CC(=O)OC1c2ccc(O)c(CS(C)(=O)=O)c2CCC1NC(C)C. The first kappa shape index (κ1) is 18.7. The van der Waals surface area contributed by atoms with Gasteiger partial charge in [-0.1, -0.05) is 19.9 Å². The number of aromatic hydroxyl groups is 1. The normalized spacial score (nSPS) is 20.7. The first-order valence-electron chi connectivity index (χ1n) is 8.03. The van der Waals surface area contributed by atoms with Crippen LogP contribution in [0.5, 0.6) is 5.75 Å². The lowest BCUT2D eigenvalue weighted by atomic mass is 9.83. The Kier molecular flexibility index (Phi) is 5.55. The minimum atomic E-state index is -3.29. The second-order valence-corrected chi connectivity index (χ2v) is 8.84. The van der Waals surface area contributed by atoms with Crippen molar-refractivity contribution in [2.75, 3.05) is 6.26 Å². The van der Waals surface area contributed by atoms with E-state index in [9.17, 15) is 18.3 Å². The molecule has 134 valence electrons. The second-order valence-electron chi connectivity index (χ2n) is 6.70. The van der Waals surface area contributed by atoms with E-state index >= 15 is 0 Å². The highest BCUT2D eigenvalue weighted by Crippen LogP contribution is 2.38. The average Bonchev–Trinajstić information content (AvgIpc) is 2.42. The van der Waals surface area contributed by atoms with Crippen LogP contribution in [0.25, 0.3) is 0 Å². The number of carbonyl (C=O) groups excluding carboxylic acids is 1. The summed E-state index contributed by atoms with van der Waals surface area (Å²) in [6.07, 6.45) is 1.97. The van der Waals surface area contributed by atoms with Crippen LogP contribution in [-0.4, -0.2) is 37.8 Å². The number of ether oxygens (including phenoxy) is 1. The van der Waals surface area contributed by atoms with Crippen LogP contribution < -0.4 is 5.32 Å². The van der Waals surface area contributed by atoms with Gasteiger partial charge < -0.3 is 15.2 Å². The summed E-state index contributed by atoms with van der Waals surface area (Å²) < 4.78 is 28.9. The van der Waals surface area contributed by atoms with Crippen molar-refractivity contribution in [1.82, 2.24) is 5.32 Å². The van der Waals surface area contributed by atoms with E-state index < -0.39 is 15.9 Å². The maximum absolute atomic E-state index is 11.7. The Balaban J connectivity index is 2.49. The zero-order chi connectivity index (χ0) is 18.1. The van der Waals surface area contributed by atoms with Crippen molar-refractivity contribution in [2.24, 2.45) is 0 Å². The third-order valence-corrected chi connectivity index (χ3v) is 4.88. The third-order valence-electron chi connectivity index (χ3n) is 4.07. The number of sulfone groups is 1. The van der Waals surface area contributed by atoms with Crippen LogP contribution in [-0.2, 0) is 31.5 Å². The molecule has 6 nitrogen and oxygen atoms in total. The molecule has 0 aromatic heterocycles. The molecule has 0 spiro atoms. The molecule has 1 aliphatic rings. The summed E-state index contributed by atoms with van der Waals surface area (Å²) in [5, 5.41) is 13.5. The van der Waals surface area contributed by atoms with Gasteiger partial charge in [0.2, 0.25) is 0 Å². The number of nitrogens with one attached hydrogen (secondary N) is 1. The van der Waals surface area contributed by atoms with Crippen LogP contribution >= 0.6 is 0 Å². The van der Waals surface area contributed by atoms with Gasteiger partial charge in [-0.2, -0.15) is 0 Å². The van der Waals surface area contributed by atoms with Crippen molar-refractivity contribution in [2.45, 2.75) is 57.6 Å². The number of hydrogen-bond donors (Lipinski definition) is 2. The van der Waals surface area contributed by atoms with Crippen molar-refractivity contribution in [3.8, 4) is 5.75 Å². The monoisotopic (exact) mass is 355 g/mol. The van der Waals surface area contributed by atoms with Crippen molar-refractivity contribution in [1.29, 1.82) is 0 Å². The second kappa shape index (κ2) is 7.11. The number of esters is 1. The van der Waals surface area contributed by atoms with Gasteiger partial charge in [0.1, 0.15) is 11.9 Å². The molecule has 2 unspecified atom stereocenters. The highest BCUT2D eigenvalue weighted by Gasteiger charge is 2.34. The Morgan fingerprint density at radius 3 is 2.62 bits per heavy atom. The molecule has 24 heavy (non-hydrogen) atoms. The molecule has 0 heterocycles. The van der Waals surface area contributed by atoms with Gasteiger partial charge in [0.25, 0.3) is 0 Å². The Labute approximate surface area is 143 Å². The molecule has 1 aromatic carbocycles. The average molecular weight is 355 g/mol. The van der Waals surface area contributed by atoms with Gasteiger partial charge in [0.15, 0.2) is 9.84 Å². The number of phenols is 1. The molecule has 0 amide bonds. The molecule has 0 fully saturated rings. The smallest absolute Gasteiger partial charge is 0.303 e. The topological polar surface area (TPSA) is 92.7 Å².